The zero-order valence-electron chi connectivity index (χ0n) is 38.0. The number of nitrogens with zero attached hydrogens (tertiary/aromatic N) is 3. The Hall–Kier alpha value is -4.79. The first-order chi connectivity index (χ1) is 28.1. The van der Waals surface area contributed by atoms with Gasteiger partial charge >= 0.3 is 11.9 Å². The van der Waals surface area contributed by atoms with Crippen molar-refractivity contribution >= 4 is 41.5 Å². The monoisotopic (exact) mass is 842 g/mol. The van der Waals surface area contributed by atoms with E-state index in [9.17, 15) is 38.7 Å². The summed E-state index contributed by atoms with van der Waals surface area (Å²) >= 11 is 0. The Morgan fingerprint density at radius 3 is 1.92 bits per heavy atom. The number of ether oxygens (including phenoxy) is 2. The van der Waals surface area contributed by atoms with Gasteiger partial charge in [-0.05, 0) is 51.0 Å². The molecule has 15 nitrogen and oxygen atoms in total. The highest BCUT2D eigenvalue weighted by atomic mass is 16.6. The van der Waals surface area contributed by atoms with Gasteiger partial charge in [-0.25, -0.2) is 9.59 Å². The lowest BCUT2D eigenvalue weighted by Gasteiger charge is -2.35. The maximum atomic E-state index is 14.2. The van der Waals surface area contributed by atoms with E-state index < -0.39 is 102 Å². The van der Waals surface area contributed by atoms with Gasteiger partial charge in [0.15, 0.2) is 6.10 Å². The van der Waals surface area contributed by atoms with Gasteiger partial charge in [0.05, 0.1) is 12.6 Å². The molecule has 0 fully saturated rings. The van der Waals surface area contributed by atoms with Gasteiger partial charge in [-0.1, -0.05) is 97.7 Å². The van der Waals surface area contributed by atoms with Crippen LogP contribution in [-0.4, -0.2) is 131 Å². The minimum absolute atomic E-state index is 0.00688. The Morgan fingerprint density at radius 1 is 0.767 bits per heavy atom. The lowest BCUT2D eigenvalue weighted by Crippen LogP contribution is -2.58. The van der Waals surface area contributed by atoms with Crippen molar-refractivity contribution in [3.8, 4) is 0 Å². The van der Waals surface area contributed by atoms with Crippen LogP contribution in [0.4, 0.5) is 0 Å². The predicted octanol–water partition coefficient (Wildman–Crippen LogP) is 3.66. The number of esters is 2. The summed E-state index contributed by atoms with van der Waals surface area (Å²) in [7, 11) is 4.33. The Balaban J connectivity index is 2.66. The fourth-order valence-electron chi connectivity index (χ4n) is 6.93. The van der Waals surface area contributed by atoms with Gasteiger partial charge < -0.3 is 39.9 Å². The van der Waals surface area contributed by atoms with Crippen LogP contribution < -0.4 is 10.6 Å². The van der Waals surface area contributed by atoms with E-state index in [1.54, 1.807) is 32.9 Å². The topological polar surface area (TPSA) is 192 Å². The minimum atomic E-state index is -1.26. The average molecular weight is 842 g/mol. The van der Waals surface area contributed by atoms with E-state index in [4.69, 9.17) is 9.47 Å². The Labute approximate surface area is 356 Å². The number of carbonyl (C=O) groups excluding carboxylic acids is 7. The van der Waals surface area contributed by atoms with E-state index in [1.165, 1.54) is 62.7 Å². The molecule has 1 aliphatic rings. The van der Waals surface area contributed by atoms with Crippen molar-refractivity contribution in [2.24, 2.45) is 23.7 Å². The zero-order chi connectivity index (χ0) is 45.6. The molecule has 0 spiro atoms. The summed E-state index contributed by atoms with van der Waals surface area (Å²) in [4.78, 5) is 100. The molecule has 11 atom stereocenters. The van der Waals surface area contributed by atoms with Crippen molar-refractivity contribution in [3.05, 3.63) is 47.5 Å². The number of aliphatic hydroxyl groups excluding tert-OH is 1. The van der Waals surface area contributed by atoms with Crippen LogP contribution in [-0.2, 0) is 49.5 Å². The molecule has 0 aliphatic carbocycles. The van der Waals surface area contributed by atoms with Gasteiger partial charge in [-0.2, -0.15) is 0 Å². The van der Waals surface area contributed by atoms with Crippen LogP contribution in [0.15, 0.2) is 42.0 Å². The van der Waals surface area contributed by atoms with Crippen LogP contribution in [0.3, 0.4) is 0 Å². The summed E-state index contributed by atoms with van der Waals surface area (Å²) in [5.74, 6) is -6.06. The number of hydrogen-bond acceptors (Lipinski definition) is 10. The third-order valence-corrected chi connectivity index (χ3v) is 12.1. The van der Waals surface area contributed by atoms with Crippen LogP contribution in [0.1, 0.15) is 100 Å². The molecule has 1 aromatic carbocycles. The number of hydrogen-bond donors (Lipinski definition) is 3. The summed E-state index contributed by atoms with van der Waals surface area (Å²) in [6, 6.07) is 4.67. The first-order valence-electron chi connectivity index (χ1n) is 21.3. The molecule has 5 amide bonds. The van der Waals surface area contributed by atoms with Crippen molar-refractivity contribution in [2.75, 3.05) is 27.7 Å². The lowest BCUT2D eigenvalue weighted by molar-refractivity contribution is -0.166. The lowest BCUT2D eigenvalue weighted by atomic mass is 9.86. The van der Waals surface area contributed by atoms with Crippen LogP contribution in [0.5, 0.6) is 0 Å². The van der Waals surface area contributed by atoms with Gasteiger partial charge in [0.1, 0.15) is 30.3 Å². The summed E-state index contributed by atoms with van der Waals surface area (Å²) in [6.07, 6.45) is 0.128. The average Bonchev–Trinajstić information content (AvgIpc) is 3.24. The van der Waals surface area contributed by atoms with E-state index in [0.29, 0.717) is 19.3 Å². The molecular weight excluding hydrogens is 771 g/mol. The number of amides is 5. The van der Waals surface area contributed by atoms with E-state index in [-0.39, 0.29) is 30.3 Å². The third kappa shape index (κ3) is 13.9. The fourth-order valence-corrected chi connectivity index (χ4v) is 6.93. The SMILES string of the molecule is CC[C@H](C)C1OC(=O)/C(C)=C/C[C@H](O)[C@H](C)[C@@H]([C@@H](C)CC)OC(=O)[C@H](C)N(C)C(=O)[C@H]([C@@H](C)CC)NC(=O)CN(C)C(=O)C(Cc2ccccc2)N(C)C(=O)[C@H](C)NC1=O. The molecule has 336 valence electrons. The van der Waals surface area contributed by atoms with Crippen LogP contribution in [0.2, 0.25) is 0 Å². The van der Waals surface area contributed by atoms with E-state index >= 15 is 0 Å². The van der Waals surface area contributed by atoms with Crippen molar-refractivity contribution in [1.29, 1.82) is 0 Å². The number of cyclic esters (lactones) is 2. The first-order valence-corrected chi connectivity index (χ1v) is 21.3. The second kappa shape index (κ2) is 23.9. The second-order valence-electron chi connectivity index (χ2n) is 16.7. The normalized spacial score (nSPS) is 29.4. The standard InChI is InChI=1S/C45H71N5O10/c1-14-26(4)37-43(56)49(12)32(10)45(58)59-38(27(5)15-2)30(8)35(51)23-22-29(7)44(57)60-39(28(6)16-3)40(53)46-31(9)41(54)50(13)34(24-33-20-18-17-19-21-33)42(55)48(11)25-36(52)47-37/h17-22,26-28,30-32,34-35,37-39,51H,14-16,23-25H2,1-13H3,(H,46,53)(H,47,52)/b29-22+/t26-,27-,28-,30-,31-,32-,34?,35-,37-,38+,39?/m0/s1. The Morgan fingerprint density at radius 2 is 1.35 bits per heavy atom. The first kappa shape index (κ1) is 51.4. The third-order valence-electron chi connectivity index (χ3n) is 12.1. The van der Waals surface area contributed by atoms with Gasteiger partial charge in [-0.3, -0.25) is 24.0 Å². The van der Waals surface area contributed by atoms with Crippen molar-refractivity contribution in [1.82, 2.24) is 25.3 Å². The molecular formula is C45H71N5O10. The van der Waals surface area contributed by atoms with Crippen molar-refractivity contribution < 1.29 is 48.1 Å². The quantitative estimate of drug-likeness (QED) is 0.326. The molecule has 0 radical (unpaired) electrons. The highest BCUT2D eigenvalue weighted by molar-refractivity contribution is 5.96. The fraction of sp³-hybridized carbons (Fsp3) is 0.667. The highest BCUT2D eigenvalue weighted by Crippen LogP contribution is 2.26. The highest BCUT2D eigenvalue weighted by Gasteiger charge is 2.39. The second-order valence-corrected chi connectivity index (χ2v) is 16.7. The number of aliphatic hydroxyl groups is 1. The summed E-state index contributed by atoms with van der Waals surface area (Å²) in [6.45, 7) is 16.9. The van der Waals surface area contributed by atoms with Gasteiger partial charge in [0, 0.05) is 45.0 Å². The summed E-state index contributed by atoms with van der Waals surface area (Å²) in [5.41, 5.74) is 0.889. The van der Waals surface area contributed by atoms with Crippen molar-refractivity contribution in [2.45, 2.75) is 144 Å². The van der Waals surface area contributed by atoms with Crippen molar-refractivity contribution in [3.63, 3.8) is 0 Å². The molecule has 0 bridgehead atoms. The number of benzene rings is 1. The molecule has 2 rings (SSSR count). The molecule has 15 heteroatoms. The number of likely N-dealkylation sites (N-methyl/N-ethyl adjacent to an activating group) is 3. The maximum Gasteiger partial charge on any atom is 0.334 e. The van der Waals surface area contributed by atoms with Crippen LogP contribution >= 0.6 is 0 Å². The molecule has 1 aliphatic heterocycles. The van der Waals surface area contributed by atoms with E-state index in [2.05, 4.69) is 10.6 Å². The molecule has 1 heterocycles. The summed E-state index contributed by atoms with van der Waals surface area (Å²) < 4.78 is 11.8. The van der Waals surface area contributed by atoms with Gasteiger partial charge in [0.25, 0.3) is 5.91 Å². The largest absolute Gasteiger partial charge is 0.460 e. The zero-order valence-corrected chi connectivity index (χ0v) is 38.0. The smallest absolute Gasteiger partial charge is 0.334 e. The molecule has 0 aromatic heterocycles. The number of nitrogens with one attached hydrogen (secondary N) is 2. The predicted molar refractivity (Wildman–Crippen MR) is 228 cm³/mol. The van der Waals surface area contributed by atoms with E-state index in [1.807, 2.05) is 45.9 Å². The summed E-state index contributed by atoms with van der Waals surface area (Å²) in [5, 5.41) is 16.8. The molecule has 3 N–H and O–H groups in total. The molecule has 2 unspecified atom stereocenters. The maximum absolute atomic E-state index is 14.2. The molecule has 60 heavy (non-hydrogen) atoms. The Kier molecular flexibility index (Phi) is 20.4. The van der Waals surface area contributed by atoms with E-state index in [0.717, 1.165) is 5.56 Å². The molecule has 0 saturated carbocycles. The minimum Gasteiger partial charge on any atom is -0.460 e. The van der Waals surface area contributed by atoms with Crippen LogP contribution in [0.25, 0.3) is 0 Å². The number of rotatable bonds is 8. The van der Waals surface area contributed by atoms with Gasteiger partial charge in [0.2, 0.25) is 23.6 Å². The van der Waals surface area contributed by atoms with Gasteiger partial charge in [-0.15, -0.1) is 0 Å². The number of carbonyl (C=O) groups is 7. The Bertz CT molecular complexity index is 1670. The van der Waals surface area contributed by atoms with Crippen LogP contribution in [0, 0.1) is 23.7 Å². The molecule has 1 aromatic rings. The molecule has 0 saturated heterocycles.